The van der Waals surface area contributed by atoms with Gasteiger partial charge in [-0.2, -0.15) is 0 Å². The maximum absolute atomic E-state index is 5.62. The van der Waals surface area contributed by atoms with Gasteiger partial charge in [0.2, 0.25) is 0 Å². The molecular weight excluding hydrogens is 320 g/mol. The Morgan fingerprint density at radius 3 is 2.65 bits per heavy atom. The second-order valence-corrected chi connectivity index (χ2v) is 5.60. The Kier molecular flexibility index (Phi) is 3.53. The minimum atomic E-state index is 0.593. The highest BCUT2D eigenvalue weighted by atomic mass is 79.9. The van der Waals surface area contributed by atoms with Gasteiger partial charge in [-0.1, -0.05) is 0 Å². The molecule has 1 aromatic carbocycles. The standard InChI is InChI=1S/C15H15BrN2O2/c1-10-7-11(16)9-17-15(10)18(2)12-3-4-13-14(8-12)20-6-5-19-13/h3-4,7-9H,5-6H2,1-2H3. The zero-order chi connectivity index (χ0) is 14.1. The fourth-order valence-corrected chi connectivity index (χ4v) is 2.69. The van der Waals surface area contributed by atoms with Crippen LogP contribution in [0.4, 0.5) is 11.5 Å². The molecule has 0 unspecified atom stereocenters. The fourth-order valence-electron chi connectivity index (χ4n) is 2.25. The molecule has 4 nitrogen and oxygen atoms in total. The summed E-state index contributed by atoms with van der Waals surface area (Å²) in [5.41, 5.74) is 2.13. The maximum atomic E-state index is 5.62. The average Bonchev–Trinajstić information content (AvgIpc) is 2.46. The number of benzene rings is 1. The number of hydrogen-bond donors (Lipinski definition) is 0. The van der Waals surface area contributed by atoms with Gasteiger partial charge in [0.25, 0.3) is 0 Å². The van der Waals surface area contributed by atoms with Gasteiger partial charge < -0.3 is 14.4 Å². The summed E-state index contributed by atoms with van der Waals surface area (Å²) >= 11 is 3.43. The van der Waals surface area contributed by atoms with Crippen molar-refractivity contribution in [3.63, 3.8) is 0 Å². The Balaban J connectivity index is 1.95. The first-order valence-corrected chi connectivity index (χ1v) is 7.20. The van der Waals surface area contributed by atoms with Crippen LogP contribution in [0.5, 0.6) is 11.5 Å². The SMILES string of the molecule is Cc1cc(Br)cnc1N(C)c1ccc2c(c1)OCCO2. The lowest BCUT2D eigenvalue weighted by molar-refractivity contribution is 0.171. The predicted molar refractivity (Wildman–Crippen MR) is 82.2 cm³/mol. The van der Waals surface area contributed by atoms with Crippen molar-refractivity contribution >= 4 is 27.4 Å². The molecule has 2 heterocycles. The number of halogens is 1. The highest BCUT2D eigenvalue weighted by Gasteiger charge is 2.15. The second kappa shape index (κ2) is 5.32. The molecule has 20 heavy (non-hydrogen) atoms. The first-order chi connectivity index (χ1) is 9.65. The molecule has 0 radical (unpaired) electrons. The second-order valence-electron chi connectivity index (χ2n) is 4.68. The Bertz CT molecular complexity index is 646. The molecule has 5 heteroatoms. The summed E-state index contributed by atoms with van der Waals surface area (Å²) in [6.07, 6.45) is 1.80. The minimum Gasteiger partial charge on any atom is -0.486 e. The summed E-state index contributed by atoms with van der Waals surface area (Å²) in [4.78, 5) is 6.51. The Morgan fingerprint density at radius 1 is 1.15 bits per heavy atom. The summed E-state index contributed by atoms with van der Waals surface area (Å²) in [7, 11) is 1.99. The van der Waals surface area contributed by atoms with Crippen molar-refractivity contribution in [2.24, 2.45) is 0 Å². The van der Waals surface area contributed by atoms with E-state index in [1.807, 2.05) is 37.1 Å². The van der Waals surface area contributed by atoms with Gasteiger partial charge in [-0.3, -0.25) is 0 Å². The summed E-state index contributed by atoms with van der Waals surface area (Å²) < 4.78 is 12.1. The summed E-state index contributed by atoms with van der Waals surface area (Å²) in [6, 6.07) is 7.99. The lowest BCUT2D eigenvalue weighted by atomic mass is 10.2. The normalized spacial score (nSPS) is 13.2. The molecule has 0 spiro atoms. The number of fused-ring (bicyclic) bond motifs is 1. The van der Waals surface area contributed by atoms with Crippen molar-refractivity contribution < 1.29 is 9.47 Å². The molecule has 0 saturated heterocycles. The van der Waals surface area contributed by atoms with Crippen molar-refractivity contribution in [2.75, 3.05) is 25.2 Å². The van der Waals surface area contributed by atoms with E-state index in [9.17, 15) is 0 Å². The average molecular weight is 335 g/mol. The first kappa shape index (κ1) is 13.2. The Hall–Kier alpha value is -1.75. The highest BCUT2D eigenvalue weighted by Crippen LogP contribution is 2.36. The van der Waals surface area contributed by atoms with Crippen LogP contribution >= 0.6 is 15.9 Å². The molecular formula is C15H15BrN2O2. The molecule has 1 aliphatic rings. The third-order valence-electron chi connectivity index (χ3n) is 3.25. The quantitative estimate of drug-likeness (QED) is 0.838. The number of aromatic nitrogens is 1. The number of ether oxygens (including phenoxy) is 2. The summed E-state index contributed by atoms with van der Waals surface area (Å²) in [6.45, 7) is 3.24. The van der Waals surface area contributed by atoms with E-state index in [0.717, 1.165) is 33.0 Å². The maximum Gasteiger partial charge on any atom is 0.163 e. The Morgan fingerprint density at radius 2 is 1.90 bits per heavy atom. The van der Waals surface area contributed by atoms with Crippen molar-refractivity contribution in [3.05, 3.63) is 40.5 Å². The van der Waals surface area contributed by atoms with Gasteiger partial charge in [0.1, 0.15) is 19.0 Å². The smallest absolute Gasteiger partial charge is 0.163 e. The largest absolute Gasteiger partial charge is 0.486 e. The van der Waals surface area contributed by atoms with E-state index in [1.165, 1.54) is 0 Å². The molecule has 3 rings (SSSR count). The van der Waals surface area contributed by atoms with Crippen LogP contribution < -0.4 is 14.4 Å². The van der Waals surface area contributed by atoms with E-state index >= 15 is 0 Å². The molecule has 1 aromatic heterocycles. The van der Waals surface area contributed by atoms with Gasteiger partial charge in [-0.25, -0.2) is 4.98 Å². The third-order valence-corrected chi connectivity index (χ3v) is 3.68. The molecule has 0 atom stereocenters. The van der Waals surface area contributed by atoms with E-state index in [-0.39, 0.29) is 0 Å². The minimum absolute atomic E-state index is 0.593. The van der Waals surface area contributed by atoms with E-state index in [2.05, 4.69) is 27.0 Å². The predicted octanol–water partition coefficient (Wildman–Crippen LogP) is 3.69. The van der Waals surface area contributed by atoms with E-state index in [0.29, 0.717) is 13.2 Å². The van der Waals surface area contributed by atoms with Crippen LogP contribution in [0.2, 0.25) is 0 Å². The van der Waals surface area contributed by atoms with Gasteiger partial charge in [0.05, 0.1) is 0 Å². The van der Waals surface area contributed by atoms with Gasteiger partial charge in [-0.05, 0) is 46.6 Å². The van der Waals surface area contributed by atoms with Crippen LogP contribution in [0.3, 0.4) is 0 Å². The van der Waals surface area contributed by atoms with Crippen LogP contribution in [-0.2, 0) is 0 Å². The van der Waals surface area contributed by atoms with Crippen molar-refractivity contribution in [1.82, 2.24) is 4.98 Å². The number of anilines is 2. The molecule has 0 N–H and O–H groups in total. The number of nitrogens with zero attached hydrogens (tertiary/aromatic N) is 2. The number of rotatable bonds is 2. The molecule has 2 aromatic rings. The van der Waals surface area contributed by atoms with Crippen LogP contribution in [0.15, 0.2) is 34.9 Å². The molecule has 0 fully saturated rings. The molecule has 0 aliphatic carbocycles. The van der Waals surface area contributed by atoms with Gasteiger partial charge in [0, 0.05) is 29.5 Å². The number of aryl methyl sites for hydroxylation is 1. The van der Waals surface area contributed by atoms with Crippen LogP contribution in [-0.4, -0.2) is 25.2 Å². The molecule has 0 bridgehead atoms. The number of hydrogen-bond acceptors (Lipinski definition) is 4. The van der Waals surface area contributed by atoms with Crippen LogP contribution in [0.1, 0.15) is 5.56 Å². The van der Waals surface area contributed by atoms with Crippen LogP contribution in [0.25, 0.3) is 0 Å². The van der Waals surface area contributed by atoms with E-state index in [4.69, 9.17) is 9.47 Å². The zero-order valence-corrected chi connectivity index (χ0v) is 13.0. The van der Waals surface area contributed by atoms with Crippen molar-refractivity contribution in [2.45, 2.75) is 6.92 Å². The summed E-state index contributed by atoms with van der Waals surface area (Å²) in [5, 5.41) is 0. The lowest BCUT2D eigenvalue weighted by Crippen LogP contribution is -2.17. The molecule has 104 valence electrons. The topological polar surface area (TPSA) is 34.6 Å². The van der Waals surface area contributed by atoms with E-state index in [1.54, 1.807) is 6.20 Å². The fraction of sp³-hybridized carbons (Fsp3) is 0.267. The van der Waals surface area contributed by atoms with Crippen molar-refractivity contribution in [1.29, 1.82) is 0 Å². The van der Waals surface area contributed by atoms with E-state index < -0.39 is 0 Å². The monoisotopic (exact) mass is 334 g/mol. The van der Waals surface area contributed by atoms with Gasteiger partial charge in [-0.15, -0.1) is 0 Å². The first-order valence-electron chi connectivity index (χ1n) is 6.40. The van der Waals surface area contributed by atoms with Crippen LogP contribution in [0, 0.1) is 6.92 Å². The highest BCUT2D eigenvalue weighted by molar-refractivity contribution is 9.10. The summed E-state index contributed by atoms with van der Waals surface area (Å²) in [5.74, 6) is 2.51. The molecule has 0 saturated carbocycles. The van der Waals surface area contributed by atoms with Gasteiger partial charge >= 0.3 is 0 Å². The lowest BCUT2D eigenvalue weighted by Gasteiger charge is -2.24. The molecule has 1 aliphatic heterocycles. The zero-order valence-electron chi connectivity index (χ0n) is 11.4. The van der Waals surface area contributed by atoms with Crippen molar-refractivity contribution in [3.8, 4) is 11.5 Å². The Labute approximate surface area is 126 Å². The third kappa shape index (κ3) is 2.45. The number of pyridine rings is 1. The van der Waals surface area contributed by atoms with Gasteiger partial charge in [0.15, 0.2) is 11.5 Å². The molecule has 0 amide bonds.